The summed E-state index contributed by atoms with van der Waals surface area (Å²) in [5.74, 6) is 1.83. The summed E-state index contributed by atoms with van der Waals surface area (Å²) >= 11 is 0. The fourth-order valence-corrected chi connectivity index (χ4v) is 1.65. The fraction of sp³-hybridized carbons (Fsp3) is 0.308. The standard InChI is InChI=1S/C13H17N3O/c1-10(16-9-13-14-7-8-15-13)11-3-5-12(17-2)6-4-11/h3-8,10,16H,9H2,1-2H3,(H,14,15)/t10-/m0/s1. The molecule has 0 radical (unpaired) electrons. The van der Waals surface area contributed by atoms with Gasteiger partial charge < -0.3 is 15.0 Å². The highest BCUT2D eigenvalue weighted by Gasteiger charge is 2.05. The number of aromatic nitrogens is 2. The van der Waals surface area contributed by atoms with Crippen LogP contribution < -0.4 is 10.1 Å². The number of benzene rings is 1. The van der Waals surface area contributed by atoms with Gasteiger partial charge in [-0.3, -0.25) is 0 Å². The van der Waals surface area contributed by atoms with E-state index >= 15 is 0 Å². The number of H-pyrrole nitrogens is 1. The number of methoxy groups -OCH3 is 1. The van der Waals surface area contributed by atoms with Crippen LogP contribution in [0.25, 0.3) is 0 Å². The monoisotopic (exact) mass is 231 g/mol. The summed E-state index contributed by atoms with van der Waals surface area (Å²) in [6, 6.07) is 8.36. The number of hydrogen-bond acceptors (Lipinski definition) is 3. The fourth-order valence-electron chi connectivity index (χ4n) is 1.65. The molecular formula is C13H17N3O. The average Bonchev–Trinajstić information content (AvgIpc) is 2.89. The summed E-state index contributed by atoms with van der Waals surface area (Å²) in [5.41, 5.74) is 1.23. The first-order valence-electron chi connectivity index (χ1n) is 5.65. The van der Waals surface area contributed by atoms with Crippen LogP contribution in [0.2, 0.25) is 0 Å². The van der Waals surface area contributed by atoms with E-state index in [0.29, 0.717) is 0 Å². The Morgan fingerprint density at radius 2 is 2.12 bits per heavy atom. The second-order valence-corrected chi connectivity index (χ2v) is 3.91. The molecule has 1 atom stereocenters. The van der Waals surface area contributed by atoms with E-state index in [9.17, 15) is 0 Å². The van der Waals surface area contributed by atoms with Gasteiger partial charge in [-0.1, -0.05) is 12.1 Å². The third-order valence-electron chi connectivity index (χ3n) is 2.75. The predicted molar refractivity (Wildman–Crippen MR) is 66.8 cm³/mol. The number of imidazole rings is 1. The molecule has 0 amide bonds. The van der Waals surface area contributed by atoms with Gasteiger partial charge in [0.1, 0.15) is 11.6 Å². The van der Waals surface area contributed by atoms with Crippen molar-refractivity contribution >= 4 is 0 Å². The summed E-state index contributed by atoms with van der Waals surface area (Å²) in [7, 11) is 1.67. The molecule has 4 nitrogen and oxygen atoms in total. The highest BCUT2D eigenvalue weighted by molar-refractivity contribution is 5.28. The molecule has 1 heterocycles. The molecule has 2 rings (SSSR count). The molecule has 0 saturated carbocycles. The van der Waals surface area contributed by atoms with Crippen LogP contribution in [-0.4, -0.2) is 17.1 Å². The van der Waals surface area contributed by atoms with Crippen LogP contribution in [0.3, 0.4) is 0 Å². The molecule has 0 aliphatic carbocycles. The number of aromatic amines is 1. The first-order valence-corrected chi connectivity index (χ1v) is 5.65. The van der Waals surface area contributed by atoms with Crippen molar-refractivity contribution in [1.82, 2.24) is 15.3 Å². The molecular weight excluding hydrogens is 214 g/mol. The van der Waals surface area contributed by atoms with Gasteiger partial charge in [-0.05, 0) is 24.6 Å². The van der Waals surface area contributed by atoms with Crippen molar-refractivity contribution in [3.05, 3.63) is 48.0 Å². The molecule has 0 aliphatic rings. The van der Waals surface area contributed by atoms with Gasteiger partial charge in [0.25, 0.3) is 0 Å². The van der Waals surface area contributed by atoms with E-state index in [-0.39, 0.29) is 6.04 Å². The lowest BCUT2D eigenvalue weighted by atomic mass is 10.1. The van der Waals surface area contributed by atoms with E-state index in [4.69, 9.17) is 4.74 Å². The summed E-state index contributed by atoms with van der Waals surface area (Å²) in [5, 5.41) is 3.40. The Kier molecular flexibility index (Phi) is 3.77. The molecule has 1 aromatic heterocycles. The topological polar surface area (TPSA) is 49.9 Å². The number of ether oxygens (including phenoxy) is 1. The summed E-state index contributed by atoms with van der Waals surface area (Å²) in [6.07, 6.45) is 3.59. The molecule has 0 bridgehead atoms. The van der Waals surface area contributed by atoms with Crippen molar-refractivity contribution in [2.24, 2.45) is 0 Å². The van der Waals surface area contributed by atoms with Crippen molar-refractivity contribution in [3.63, 3.8) is 0 Å². The highest BCUT2D eigenvalue weighted by Crippen LogP contribution is 2.17. The first kappa shape index (κ1) is 11.7. The minimum atomic E-state index is 0.283. The number of hydrogen-bond donors (Lipinski definition) is 2. The summed E-state index contributed by atoms with van der Waals surface area (Å²) in [6.45, 7) is 2.87. The molecule has 0 spiro atoms. The predicted octanol–water partition coefficient (Wildman–Crippen LogP) is 2.27. The van der Waals surface area contributed by atoms with Gasteiger partial charge in [0.2, 0.25) is 0 Å². The van der Waals surface area contributed by atoms with Crippen LogP contribution in [0.15, 0.2) is 36.7 Å². The van der Waals surface area contributed by atoms with Crippen molar-refractivity contribution in [1.29, 1.82) is 0 Å². The largest absolute Gasteiger partial charge is 0.497 e. The van der Waals surface area contributed by atoms with Crippen molar-refractivity contribution in [2.45, 2.75) is 19.5 Å². The Morgan fingerprint density at radius 3 is 2.71 bits per heavy atom. The zero-order chi connectivity index (χ0) is 12.1. The molecule has 2 aromatic rings. The van der Waals surface area contributed by atoms with Crippen LogP contribution in [-0.2, 0) is 6.54 Å². The Hall–Kier alpha value is -1.81. The molecule has 2 N–H and O–H groups in total. The normalized spacial score (nSPS) is 12.4. The minimum absolute atomic E-state index is 0.283. The third kappa shape index (κ3) is 3.07. The molecule has 4 heteroatoms. The summed E-state index contributed by atoms with van der Waals surface area (Å²) < 4.78 is 5.13. The van der Waals surface area contributed by atoms with E-state index < -0.39 is 0 Å². The van der Waals surface area contributed by atoms with Crippen molar-refractivity contribution in [3.8, 4) is 5.75 Å². The number of nitrogens with one attached hydrogen (secondary N) is 2. The molecule has 17 heavy (non-hydrogen) atoms. The Balaban J connectivity index is 1.92. The number of nitrogens with zero attached hydrogens (tertiary/aromatic N) is 1. The maximum Gasteiger partial charge on any atom is 0.120 e. The summed E-state index contributed by atoms with van der Waals surface area (Å²) in [4.78, 5) is 7.24. The van der Waals surface area contributed by atoms with E-state index in [0.717, 1.165) is 18.1 Å². The zero-order valence-electron chi connectivity index (χ0n) is 10.1. The lowest BCUT2D eigenvalue weighted by molar-refractivity contribution is 0.414. The molecule has 90 valence electrons. The van der Waals surface area contributed by atoms with Crippen LogP contribution in [0, 0.1) is 0 Å². The molecule has 0 saturated heterocycles. The molecule has 0 fully saturated rings. The van der Waals surface area contributed by atoms with E-state index in [1.165, 1.54) is 5.56 Å². The Morgan fingerprint density at radius 1 is 1.35 bits per heavy atom. The van der Waals surface area contributed by atoms with Gasteiger partial charge in [0.05, 0.1) is 13.7 Å². The second kappa shape index (κ2) is 5.50. The number of rotatable bonds is 5. The first-order chi connectivity index (χ1) is 8.29. The molecule has 0 aliphatic heterocycles. The van der Waals surface area contributed by atoms with Gasteiger partial charge in [0.15, 0.2) is 0 Å². The van der Waals surface area contributed by atoms with Gasteiger partial charge >= 0.3 is 0 Å². The van der Waals surface area contributed by atoms with Crippen LogP contribution >= 0.6 is 0 Å². The van der Waals surface area contributed by atoms with Crippen molar-refractivity contribution < 1.29 is 4.74 Å². The third-order valence-corrected chi connectivity index (χ3v) is 2.75. The van der Waals surface area contributed by atoms with Gasteiger partial charge in [-0.25, -0.2) is 4.98 Å². The maximum absolute atomic E-state index is 5.13. The van der Waals surface area contributed by atoms with Gasteiger partial charge in [-0.2, -0.15) is 0 Å². The SMILES string of the molecule is COc1ccc([C@H](C)NCc2ncc[nH]2)cc1. The van der Waals surface area contributed by atoms with Crippen LogP contribution in [0.5, 0.6) is 5.75 Å². The van der Waals surface area contributed by atoms with Crippen LogP contribution in [0.4, 0.5) is 0 Å². The van der Waals surface area contributed by atoms with Crippen molar-refractivity contribution in [2.75, 3.05) is 7.11 Å². The quantitative estimate of drug-likeness (QED) is 0.830. The van der Waals surface area contributed by atoms with Gasteiger partial charge in [0, 0.05) is 18.4 Å². The smallest absolute Gasteiger partial charge is 0.120 e. The highest BCUT2D eigenvalue weighted by atomic mass is 16.5. The van der Waals surface area contributed by atoms with Crippen LogP contribution in [0.1, 0.15) is 24.4 Å². The Labute approximate surface area is 101 Å². The average molecular weight is 231 g/mol. The maximum atomic E-state index is 5.13. The Bertz CT molecular complexity index is 436. The zero-order valence-corrected chi connectivity index (χ0v) is 10.1. The van der Waals surface area contributed by atoms with E-state index in [2.05, 4.69) is 34.3 Å². The lowest BCUT2D eigenvalue weighted by Gasteiger charge is -2.13. The van der Waals surface area contributed by atoms with Gasteiger partial charge in [-0.15, -0.1) is 0 Å². The lowest BCUT2D eigenvalue weighted by Crippen LogP contribution is -2.18. The molecule has 0 unspecified atom stereocenters. The van der Waals surface area contributed by atoms with E-state index in [1.807, 2.05) is 18.3 Å². The molecule has 1 aromatic carbocycles. The van der Waals surface area contributed by atoms with E-state index in [1.54, 1.807) is 13.3 Å². The second-order valence-electron chi connectivity index (χ2n) is 3.91. The minimum Gasteiger partial charge on any atom is -0.497 e.